The molecule has 0 radical (unpaired) electrons. The van der Waals surface area contributed by atoms with Crippen LogP contribution in [0.5, 0.6) is 0 Å². The molecule has 3 rings (SSSR count). The number of hydrogen-bond donors (Lipinski definition) is 0. The molecule has 104 valence electrons. The van der Waals surface area contributed by atoms with Gasteiger partial charge in [-0.15, -0.1) is 21.5 Å². The van der Waals surface area contributed by atoms with E-state index in [9.17, 15) is 0 Å². The fourth-order valence-electron chi connectivity index (χ4n) is 1.95. The Morgan fingerprint density at radius 3 is 2.85 bits per heavy atom. The van der Waals surface area contributed by atoms with Gasteiger partial charge in [0.05, 0.1) is 21.3 Å². The summed E-state index contributed by atoms with van der Waals surface area (Å²) in [6.45, 7) is 4.52. The minimum absolute atomic E-state index is 0.571. The highest BCUT2D eigenvalue weighted by atomic mass is 35.5. The number of aromatic nitrogens is 4. The molecular formula is C13H13ClN4OS. The molecule has 0 spiro atoms. The van der Waals surface area contributed by atoms with Gasteiger partial charge < -0.3 is 4.42 Å². The number of halogens is 1. The monoisotopic (exact) mass is 308 g/mol. The van der Waals surface area contributed by atoms with Crippen LogP contribution in [0.2, 0.25) is 5.02 Å². The molecule has 0 saturated heterocycles. The Hall–Kier alpha value is -1.66. The van der Waals surface area contributed by atoms with Gasteiger partial charge in [0, 0.05) is 13.0 Å². The summed E-state index contributed by atoms with van der Waals surface area (Å²) in [5.74, 6) is 1.18. The third-order valence-corrected chi connectivity index (χ3v) is 4.43. The Morgan fingerprint density at radius 1 is 1.35 bits per heavy atom. The van der Waals surface area contributed by atoms with Crippen molar-refractivity contribution in [3.8, 4) is 10.8 Å². The minimum atomic E-state index is 0.571. The zero-order chi connectivity index (χ0) is 14.1. The SMILES string of the molecule is Cc1nn(CCc2nnc(-c3cccs3)o2)c(C)c1Cl. The summed E-state index contributed by atoms with van der Waals surface area (Å²) in [6.07, 6.45) is 0.636. The van der Waals surface area contributed by atoms with Gasteiger partial charge in [-0.2, -0.15) is 5.10 Å². The van der Waals surface area contributed by atoms with Gasteiger partial charge in [0.15, 0.2) is 0 Å². The molecule has 0 fully saturated rings. The van der Waals surface area contributed by atoms with Gasteiger partial charge in [-0.1, -0.05) is 17.7 Å². The van der Waals surface area contributed by atoms with E-state index >= 15 is 0 Å². The van der Waals surface area contributed by atoms with E-state index in [0.717, 1.165) is 21.3 Å². The Morgan fingerprint density at radius 2 is 2.20 bits per heavy atom. The average molecular weight is 309 g/mol. The van der Waals surface area contributed by atoms with Gasteiger partial charge in [-0.25, -0.2) is 0 Å². The van der Waals surface area contributed by atoms with Gasteiger partial charge in [0.1, 0.15) is 0 Å². The van der Waals surface area contributed by atoms with Crippen LogP contribution < -0.4 is 0 Å². The van der Waals surface area contributed by atoms with E-state index in [0.29, 0.717) is 24.7 Å². The lowest BCUT2D eigenvalue weighted by Gasteiger charge is -2.01. The van der Waals surface area contributed by atoms with Gasteiger partial charge in [0.2, 0.25) is 5.89 Å². The average Bonchev–Trinajstić information content (AvgIpc) is 3.14. The highest BCUT2D eigenvalue weighted by Crippen LogP contribution is 2.23. The van der Waals surface area contributed by atoms with Crippen LogP contribution in [0.1, 0.15) is 17.3 Å². The second-order valence-corrected chi connectivity index (χ2v) is 5.76. The molecule has 0 aromatic carbocycles. The highest BCUT2D eigenvalue weighted by Gasteiger charge is 2.12. The highest BCUT2D eigenvalue weighted by molar-refractivity contribution is 7.13. The van der Waals surface area contributed by atoms with Crippen molar-refractivity contribution in [2.24, 2.45) is 0 Å². The Labute approximate surface area is 125 Å². The van der Waals surface area contributed by atoms with Gasteiger partial charge >= 0.3 is 0 Å². The van der Waals surface area contributed by atoms with E-state index in [1.807, 2.05) is 36.0 Å². The normalized spacial score (nSPS) is 11.2. The van der Waals surface area contributed by atoms with Crippen LogP contribution in [0, 0.1) is 13.8 Å². The summed E-state index contributed by atoms with van der Waals surface area (Å²) >= 11 is 7.70. The largest absolute Gasteiger partial charge is 0.420 e. The third-order valence-electron chi connectivity index (χ3n) is 3.03. The number of rotatable bonds is 4. The topological polar surface area (TPSA) is 56.7 Å². The second kappa shape index (κ2) is 5.38. The van der Waals surface area contributed by atoms with Crippen molar-refractivity contribution in [1.29, 1.82) is 0 Å². The van der Waals surface area contributed by atoms with Gasteiger partial charge in [0.25, 0.3) is 5.89 Å². The van der Waals surface area contributed by atoms with E-state index in [1.165, 1.54) is 0 Å². The molecule has 0 saturated carbocycles. The number of hydrogen-bond acceptors (Lipinski definition) is 5. The standard InChI is InChI=1S/C13H13ClN4OS/c1-8-12(14)9(2)18(17-8)6-5-11-15-16-13(19-11)10-4-3-7-20-10/h3-4,7H,5-6H2,1-2H3. The van der Waals surface area contributed by atoms with E-state index in [4.69, 9.17) is 16.0 Å². The van der Waals surface area contributed by atoms with Crippen molar-refractivity contribution in [2.75, 3.05) is 0 Å². The molecule has 0 atom stereocenters. The molecule has 3 aromatic heterocycles. The molecule has 0 N–H and O–H groups in total. The smallest absolute Gasteiger partial charge is 0.257 e. The lowest BCUT2D eigenvalue weighted by atomic mass is 10.4. The molecule has 5 nitrogen and oxygen atoms in total. The molecule has 3 aromatic rings. The molecule has 0 aliphatic carbocycles. The van der Waals surface area contributed by atoms with Crippen LogP contribution in [-0.4, -0.2) is 20.0 Å². The lowest BCUT2D eigenvalue weighted by molar-refractivity contribution is 0.472. The molecule has 0 amide bonds. The number of aryl methyl sites for hydroxylation is 3. The second-order valence-electron chi connectivity index (χ2n) is 4.44. The van der Waals surface area contributed by atoms with Crippen LogP contribution >= 0.6 is 22.9 Å². The number of nitrogens with zero attached hydrogens (tertiary/aromatic N) is 4. The summed E-state index contributed by atoms with van der Waals surface area (Å²) in [6, 6.07) is 3.92. The van der Waals surface area contributed by atoms with Crippen LogP contribution in [0.25, 0.3) is 10.8 Å². The molecule has 0 aliphatic heterocycles. The molecule has 20 heavy (non-hydrogen) atoms. The molecule has 3 heterocycles. The molecular weight excluding hydrogens is 296 g/mol. The first-order valence-electron chi connectivity index (χ1n) is 6.21. The van der Waals surface area contributed by atoms with Crippen molar-refractivity contribution in [1.82, 2.24) is 20.0 Å². The van der Waals surface area contributed by atoms with Crippen molar-refractivity contribution < 1.29 is 4.42 Å². The third kappa shape index (κ3) is 2.48. The fourth-order valence-corrected chi connectivity index (χ4v) is 2.73. The van der Waals surface area contributed by atoms with Crippen LogP contribution in [0.3, 0.4) is 0 Å². The predicted octanol–water partition coefficient (Wildman–Crippen LogP) is 3.51. The first-order chi connectivity index (χ1) is 9.65. The van der Waals surface area contributed by atoms with E-state index < -0.39 is 0 Å². The maximum absolute atomic E-state index is 6.12. The Balaban J connectivity index is 1.71. The maximum Gasteiger partial charge on any atom is 0.257 e. The Bertz CT molecular complexity index is 717. The maximum atomic E-state index is 6.12. The zero-order valence-electron chi connectivity index (χ0n) is 11.1. The number of thiophene rings is 1. The zero-order valence-corrected chi connectivity index (χ0v) is 12.7. The summed E-state index contributed by atoms with van der Waals surface area (Å²) in [5, 5.41) is 15.2. The molecule has 0 unspecified atom stereocenters. The van der Waals surface area contributed by atoms with E-state index in [-0.39, 0.29) is 0 Å². The minimum Gasteiger partial charge on any atom is -0.420 e. The summed E-state index contributed by atoms with van der Waals surface area (Å²) in [4.78, 5) is 0.984. The molecule has 0 bridgehead atoms. The van der Waals surface area contributed by atoms with Crippen LogP contribution in [0.15, 0.2) is 21.9 Å². The lowest BCUT2D eigenvalue weighted by Crippen LogP contribution is -2.05. The molecule has 0 aliphatic rings. The summed E-state index contributed by atoms with van der Waals surface area (Å²) < 4.78 is 7.51. The van der Waals surface area contributed by atoms with Crippen molar-refractivity contribution in [3.63, 3.8) is 0 Å². The van der Waals surface area contributed by atoms with Crippen molar-refractivity contribution >= 4 is 22.9 Å². The van der Waals surface area contributed by atoms with E-state index in [2.05, 4.69) is 15.3 Å². The molecule has 7 heteroatoms. The Kier molecular flexibility index (Phi) is 3.58. The quantitative estimate of drug-likeness (QED) is 0.740. The van der Waals surface area contributed by atoms with Crippen molar-refractivity contribution in [3.05, 3.63) is 39.8 Å². The van der Waals surface area contributed by atoms with Crippen LogP contribution in [0.4, 0.5) is 0 Å². The summed E-state index contributed by atoms with van der Waals surface area (Å²) in [7, 11) is 0. The van der Waals surface area contributed by atoms with Crippen molar-refractivity contribution in [2.45, 2.75) is 26.8 Å². The first kappa shape index (κ1) is 13.3. The van der Waals surface area contributed by atoms with E-state index in [1.54, 1.807) is 11.3 Å². The van der Waals surface area contributed by atoms with Crippen LogP contribution in [-0.2, 0) is 13.0 Å². The first-order valence-corrected chi connectivity index (χ1v) is 7.46. The summed E-state index contributed by atoms with van der Waals surface area (Å²) in [5.41, 5.74) is 1.80. The van der Waals surface area contributed by atoms with Gasteiger partial charge in [-0.3, -0.25) is 4.68 Å². The predicted molar refractivity (Wildman–Crippen MR) is 78.0 cm³/mol. The van der Waals surface area contributed by atoms with Gasteiger partial charge in [-0.05, 0) is 25.3 Å². The fraction of sp³-hybridized carbons (Fsp3) is 0.308.